The molecule has 0 spiro atoms. The number of nitrogens with zero attached hydrogens (tertiary/aromatic N) is 2. The minimum atomic E-state index is 0.242. The summed E-state index contributed by atoms with van der Waals surface area (Å²) >= 11 is 0. The molecule has 2 nitrogen and oxygen atoms in total. The van der Waals surface area contributed by atoms with Gasteiger partial charge in [-0.1, -0.05) is 26.0 Å². The number of allylic oxidation sites excluding steroid dienone is 3. The van der Waals surface area contributed by atoms with Gasteiger partial charge in [0.15, 0.2) is 0 Å². The molecule has 0 saturated carbocycles. The van der Waals surface area contributed by atoms with Gasteiger partial charge in [-0.2, -0.15) is 5.26 Å². The Morgan fingerprint density at radius 2 is 2.45 bits per heavy atom. The molecule has 0 rings (SSSR count). The molecular weight excluding hydrogens is 136 g/mol. The van der Waals surface area contributed by atoms with E-state index in [4.69, 9.17) is 5.26 Å². The van der Waals surface area contributed by atoms with Crippen molar-refractivity contribution in [3.63, 3.8) is 0 Å². The van der Waals surface area contributed by atoms with E-state index in [1.165, 1.54) is 0 Å². The fourth-order valence-corrected chi connectivity index (χ4v) is 0.486. The number of aliphatic imine (C=N–C) groups is 1. The molecule has 0 aromatic heterocycles. The molecular formula is C9H12N2. The van der Waals surface area contributed by atoms with Gasteiger partial charge in [-0.05, 0) is 12.5 Å². The van der Waals surface area contributed by atoms with E-state index in [-0.39, 0.29) is 5.70 Å². The van der Waals surface area contributed by atoms with Gasteiger partial charge in [-0.25, -0.2) is 4.99 Å². The van der Waals surface area contributed by atoms with Gasteiger partial charge in [0.1, 0.15) is 11.8 Å². The quantitative estimate of drug-likeness (QED) is 0.445. The molecule has 0 fully saturated rings. The number of unbranched alkanes of at least 4 members (excludes halogenated alkanes) is 1. The van der Waals surface area contributed by atoms with Crippen LogP contribution in [0.4, 0.5) is 0 Å². The molecule has 0 aliphatic carbocycles. The second-order valence-corrected chi connectivity index (χ2v) is 2.05. The van der Waals surface area contributed by atoms with Crippen molar-refractivity contribution in [1.29, 1.82) is 5.26 Å². The summed E-state index contributed by atoms with van der Waals surface area (Å²) in [7, 11) is 0. The van der Waals surface area contributed by atoms with Gasteiger partial charge in [-0.3, -0.25) is 0 Å². The largest absolute Gasteiger partial charge is 0.246 e. The number of nitriles is 1. The molecule has 0 amide bonds. The van der Waals surface area contributed by atoms with Gasteiger partial charge in [0.25, 0.3) is 0 Å². The first-order valence-corrected chi connectivity index (χ1v) is 3.59. The molecule has 0 atom stereocenters. The van der Waals surface area contributed by atoms with Crippen molar-refractivity contribution >= 4 is 6.21 Å². The van der Waals surface area contributed by atoms with Crippen LogP contribution >= 0.6 is 0 Å². The maximum atomic E-state index is 8.25. The van der Waals surface area contributed by atoms with Crippen LogP contribution in [0, 0.1) is 11.3 Å². The van der Waals surface area contributed by atoms with Crippen molar-refractivity contribution in [2.24, 2.45) is 4.99 Å². The zero-order valence-corrected chi connectivity index (χ0v) is 6.75. The van der Waals surface area contributed by atoms with Crippen molar-refractivity contribution in [3.05, 3.63) is 24.4 Å². The summed E-state index contributed by atoms with van der Waals surface area (Å²) < 4.78 is 0. The minimum Gasteiger partial charge on any atom is -0.246 e. The SMILES string of the molecule is C=C(C#N)N=C/C=C\CCC. The second kappa shape index (κ2) is 6.76. The topological polar surface area (TPSA) is 36.1 Å². The smallest absolute Gasteiger partial charge is 0.133 e. The molecule has 0 aliphatic rings. The maximum Gasteiger partial charge on any atom is 0.133 e. The van der Waals surface area contributed by atoms with Gasteiger partial charge in [0.05, 0.1) is 0 Å². The van der Waals surface area contributed by atoms with Gasteiger partial charge in [0, 0.05) is 6.21 Å². The highest BCUT2D eigenvalue weighted by Gasteiger charge is 1.77. The summed E-state index contributed by atoms with van der Waals surface area (Å²) in [4.78, 5) is 3.75. The van der Waals surface area contributed by atoms with E-state index in [9.17, 15) is 0 Å². The fraction of sp³-hybridized carbons (Fsp3) is 0.333. The van der Waals surface area contributed by atoms with Crippen molar-refractivity contribution in [2.45, 2.75) is 19.8 Å². The molecule has 11 heavy (non-hydrogen) atoms. The van der Waals surface area contributed by atoms with Crippen LogP contribution in [-0.4, -0.2) is 6.21 Å². The van der Waals surface area contributed by atoms with E-state index < -0.39 is 0 Å². The Balaban J connectivity index is 3.61. The first-order chi connectivity index (χ1) is 5.31. The highest BCUT2D eigenvalue weighted by molar-refractivity contribution is 5.72. The zero-order chi connectivity index (χ0) is 8.53. The molecule has 0 aliphatic heterocycles. The summed E-state index contributed by atoms with van der Waals surface area (Å²) in [5.74, 6) is 0. The van der Waals surface area contributed by atoms with Crippen LogP contribution in [0.25, 0.3) is 0 Å². The predicted molar refractivity (Wildman–Crippen MR) is 47.3 cm³/mol. The van der Waals surface area contributed by atoms with Crippen LogP contribution in [0.15, 0.2) is 29.4 Å². The van der Waals surface area contributed by atoms with E-state index in [1.54, 1.807) is 6.21 Å². The molecule has 0 radical (unpaired) electrons. The summed E-state index contributed by atoms with van der Waals surface area (Å²) in [6.45, 7) is 5.50. The first kappa shape index (κ1) is 9.64. The standard InChI is InChI=1S/C9H12N2/c1-3-4-5-6-7-11-9(2)8-10/h5-7H,2-4H2,1H3/b6-5-,11-7?. The molecule has 2 heteroatoms. The molecule has 0 saturated heterocycles. The molecule has 0 N–H and O–H groups in total. The van der Waals surface area contributed by atoms with Crippen LogP contribution in [0.5, 0.6) is 0 Å². The van der Waals surface area contributed by atoms with Gasteiger partial charge in [0.2, 0.25) is 0 Å². The molecule has 0 bridgehead atoms. The van der Waals surface area contributed by atoms with Crippen molar-refractivity contribution < 1.29 is 0 Å². The normalized spacial score (nSPS) is 10.5. The lowest BCUT2D eigenvalue weighted by atomic mass is 10.3. The van der Waals surface area contributed by atoms with Crippen LogP contribution in [0.3, 0.4) is 0 Å². The summed E-state index contributed by atoms with van der Waals surface area (Å²) in [6, 6.07) is 1.83. The van der Waals surface area contributed by atoms with Crippen molar-refractivity contribution in [2.75, 3.05) is 0 Å². The van der Waals surface area contributed by atoms with Gasteiger partial charge < -0.3 is 0 Å². The highest BCUT2D eigenvalue weighted by Crippen LogP contribution is 1.88. The lowest BCUT2D eigenvalue weighted by Gasteiger charge is -1.80. The maximum absolute atomic E-state index is 8.25. The third kappa shape index (κ3) is 6.53. The Morgan fingerprint density at radius 1 is 1.73 bits per heavy atom. The van der Waals surface area contributed by atoms with E-state index in [0.717, 1.165) is 12.8 Å². The average molecular weight is 148 g/mol. The Labute approximate surface area is 67.6 Å². The predicted octanol–water partition coefficient (Wildman–Crippen LogP) is 2.45. The van der Waals surface area contributed by atoms with Crippen LogP contribution in [-0.2, 0) is 0 Å². The van der Waals surface area contributed by atoms with Gasteiger partial charge >= 0.3 is 0 Å². The van der Waals surface area contributed by atoms with Crippen LogP contribution < -0.4 is 0 Å². The van der Waals surface area contributed by atoms with Gasteiger partial charge in [-0.15, -0.1) is 0 Å². The molecule has 0 unspecified atom stereocenters. The third-order valence-corrected chi connectivity index (χ3v) is 1.04. The average Bonchev–Trinajstić information content (AvgIpc) is 2.04. The summed E-state index contributed by atoms with van der Waals surface area (Å²) in [5, 5.41) is 8.25. The van der Waals surface area contributed by atoms with Crippen LogP contribution in [0.2, 0.25) is 0 Å². The second-order valence-electron chi connectivity index (χ2n) is 2.05. The molecule has 0 heterocycles. The first-order valence-electron chi connectivity index (χ1n) is 3.59. The number of rotatable bonds is 4. The minimum absolute atomic E-state index is 0.242. The molecule has 58 valence electrons. The summed E-state index contributed by atoms with van der Waals surface area (Å²) in [5.41, 5.74) is 0.242. The molecule has 0 aromatic rings. The van der Waals surface area contributed by atoms with E-state index in [0.29, 0.717) is 0 Å². The Bertz CT molecular complexity index is 206. The van der Waals surface area contributed by atoms with Crippen molar-refractivity contribution in [3.8, 4) is 6.07 Å². The Morgan fingerprint density at radius 3 is 3.00 bits per heavy atom. The lowest BCUT2D eigenvalue weighted by molar-refractivity contribution is 0.960. The number of hydrogen-bond donors (Lipinski definition) is 0. The monoisotopic (exact) mass is 148 g/mol. The fourth-order valence-electron chi connectivity index (χ4n) is 0.486. The Hall–Kier alpha value is -1.36. The van der Waals surface area contributed by atoms with E-state index >= 15 is 0 Å². The molecule has 0 aromatic carbocycles. The lowest BCUT2D eigenvalue weighted by Crippen LogP contribution is -1.69. The van der Waals surface area contributed by atoms with E-state index in [2.05, 4.69) is 18.5 Å². The van der Waals surface area contributed by atoms with E-state index in [1.807, 2.05) is 18.2 Å². The summed E-state index contributed by atoms with van der Waals surface area (Å²) in [6.07, 6.45) is 7.59. The van der Waals surface area contributed by atoms with Crippen molar-refractivity contribution in [1.82, 2.24) is 0 Å². The number of hydrogen-bond acceptors (Lipinski definition) is 2. The third-order valence-electron chi connectivity index (χ3n) is 1.04. The highest BCUT2D eigenvalue weighted by atomic mass is 14.7. The Kier molecular flexibility index (Phi) is 5.92. The zero-order valence-electron chi connectivity index (χ0n) is 6.75. The van der Waals surface area contributed by atoms with Crippen LogP contribution in [0.1, 0.15) is 19.8 Å².